The van der Waals surface area contributed by atoms with Crippen molar-refractivity contribution >= 4 is 11.1 Å². The van der Waals surface area contributed by atoms with Crippen LogP contribution in [0.1, 0.15) is 37.5 Å². The molecule has 0 bridgehead atoms. The van der Waals surface area contributed by atoms with Crippen LogP contribution in [0.4, 0.5) is 0 Å². The van der Waals surface area contributed by atoms with Crippen LogP contribution in [-0.2, 0) is 0 Å². The summed E-state index contributed by atoms with van der Waals surface area (Å²) in [5, 5.41) is 0. The van der Waals surface area contributed by atoms with Crippen LogP contribution in [0.25, 0.3) is 11.1 Å². The molecule has 0 radical (unpaired) electrons. The first kappa shape index (κ1) is 9.66. The number of pyridine rings is 1. The molecule has 0 aliphatic carbocycles. The van der Waals surface area contributed by atoms with Crippen molar-refractivity contribution in [3.05, 3.63) is 30.2 Å². The Morgan fingerprint density at radius 2 is 2.29 bits per heavy atom. The monoisotopic (exact) mass is 228 g/mol. The molecule has 0 saturated carbocycles. The third-order valence-electron chi connectivity index (χ3n) is 4.23. The largest absolute Gasteiger partial charge is 0.458 e. The molecule has 2 atom stereocenters. The summed E-state index contributed by atoms with van der Waals surface area (Å²) in [5.74, 6) is 1.11. The topological polar surface area (TPSA) is 29.3 Å². The van der Waals surface area contributed by atoms with Crippen LogP contribution in [-0.4, -0.2) is 22.5 Å². The maximum Gasteiger partial charge on any atom is 0.152 e. The standard InChI is InChI=1S/C14H16N2O/c1-4-13-11(15-7-1)9-14(17-13)12-6-5-10-3-2-8-16(10)12/h1,4,7,9-10,12H,2-3,5-6,8H2/t10?,12-/m0/s1. The van der Waals surface area contributed by atoms with Crippen LogP contribution in [0.2, 0.25) is 0 Å². The lowest BCUT2D eigenvalue weighted by Crippen LogP contribution is -2.25. The zero-order valence-electron chi connectivity index (χ0n) is 9.80. The van der Waals surface area contributed by atoms with Crippen molar-refractivity contribution in [2.75, 3.05) is 6.54 Å². The average molecular weight is 228 g/mol. The second-order valence-electron chi connectivity index (χ2n) is 5.16. The lowest BCUT2D eigenvalue weighted by atomic mass is 10.1. The Morgan fingerprint density at radius 1 is 1.29 bits per heavy atom. The zero-order chi connectivity index (χ0) is 11.2. The average Bonchev–Trinajstić information content (AvgIpc) is 3.02. The predicted octanol–water partition coefficient (Wildman–Crippen LogP) is 3.13. The van der Waals surface area contributed by atoms with E-state index in [1.54, 1.807) is 0 Å². The smallest absolute Gasteiger partial charge is 0.152 e. The van der Waals surface area contributed by atoms with E-state index >= 15 is 0 Å². The molecular weight excluding hydrogens is 212 g/mol. The minimum absolute atomic E-state index is 0.497. The van der Waals surface area contributed by atoms with E-state index in [1.807, 2.05) is 18.3 Å². The number of hydrogen-bond donors (Lipinski definition) is 0. The number of nitrogens with zero attached hydrogens (tertiary/aromatic N) is 2. The van der Waals surface area contributed by atoms with Gasteiger partial charge in [0.2, 0.25) is 0 Å². The summed E-state index contributed by atoms with van der Waals surface area (Å²) in [4.78, 5) is 6.97. The molecule has 0 spiro atoms. The van der Waals surface area contributed by atoms with E-state index in [0.717, 1.165) is 22.9 Å². The molecule has 0 N–H and O–H groups in total. The molecule has 3 heteroatoms. The number of fused-ring (bicyclic) bond motifs is 2. The van der Waals surface area contributed by atoms with Gasteiger partial charge in [0.15, 0.2) is 5.58 Å². The maximum absolute atomic E-state index is 5.96. The zero-order valence-corrected chi connectivity index (χ0v) is 9.80. The highest BCUT2D eigenvalue weighted by atomic mass is 16.3. The first-order valence-electron chi connectivity index (χ1n) is 6.52. The van der Waals surface area contributed by atoms with Crippen LogP contribution in [0.15, 0.2) is 28.8 Å². The van der Waals surface area contributed by atoms with Gasteiger partial charge in [0.05, 0.1) is 6.04 Å². The van der Waals surface area contributed by atoms with Gasteiger partial charge in [0.25, 0.3) is 0 Å². The fourth-order valence-corrected chi connectivity index (χ4v) is 3.45. The van der Waals surface area contributed by atoms with Crippen LogP contribution >= 0.6 is 0 Å². The van der Waals surface area contributed by atoms with Crippen molar-refractivity contribution in [1.82, 2.24) is 9.88 Å². The molecule has 88 valence electrons. The molecule has 2 aromatic heterocycles. The normalized spacial score (nSPS) is 28.9. The maximum atomic E-state index is 5.96. The number of furan rings is 1. The molecule has 0 amide bonds. The molecule has 4 heterocycles. The summed E-state index contributed by atoms with van der Waals surface area (Å²) in [6.07, 6.45) is 7.11. The Morgan fingerprint density at radius 3 is 3.24 bits per heavy atom. The van der Waals surface area contributed by atoms with Gasteiger partial charge in [-0.25, -0.2) is 0 Å². The third-order valence-corrected chi connectivity index (χ3v) is 4.23. The van der Waals surface area contributed by atoms with Crippen molar-refractivity contribution in [1.29, 1.82) is 0 Å². The SMILES string of the molecule is c1cnc2cc([C@@H]3CCC4CCCN43)oc2c1. The molecule has 2 aliphatic rings. The Balaban J connectivity index is 1.74. The number of rotatable bonds is 1. The van der Waals surface area contributed by atoms with Crippen LogP contribution in [0.5, 0.6) is 0 Å². The second-order valence-corrected chi connectivity index (χ2v) is 5.16. The fourth-order valence-electron chi connectivity index (χ4n) is 3.45. The summed E-state index contributed by atoms with van der Waals surface area (Å²) in [6, 6.07) is 7.36. The van der Waals surface area contributed by atoms with Gasteiger partial charge in [-0.15, -0.1) is 0 Å². The molecule has 17 heavy (non-hydrogen) atoms. The Bertz CT molecular complexity index is 515. The van der Waals surface area contributed by atoms with Crippen molar-refractivity contribution < 1.29 is 4.42 Å². The molecule has 0 aromatic carbocycles. The number of aromatic nitrogens is 1. The van der Waals surface area contributed by atoms with E-state index in [0.29, 0.717) is 6.04 Å². The van der Waals surface area contributed by atoms with E-state index in [2.05, 4.69) is 16.0 Å². The molecule has 2 fully saturated rings. The fraction of sp³-hybridized carbons (Fsp3) is 0.500. The molecule has 4 rings (SSSR count). The molecule has 3 nitrogen and oxygen atoms in total. The van der Waals surface area contributed by atoms with Gasteiger partial charge in [-0.05, 0) is 44.4 Å². The van der Waals surface area contributed by atoms with Gasteiger partial charge >= 0.3 is 0 Å². The molecule has 2 aliphatic heterocycles. The Labute approximate surface area is 100 Å². The van der Waals surface area contributed by atoms with Gasteiger partial charge < -0.3 is 4.42 Å². The lowest BCUT2D eigenvalue weighted by Gasteiger charge is -2.21. The summed E-state index contributed by atoms with van der Waals surface area (Å²) in [6.45, 7) is 1.24. The van der Waals surface area contributed by atoms with E-state index in [9.17, 15) is 0 Å². The molecule has 2 aromatic rings. The van der Waals surface area contributed by atoms with Crippen LogP contribution < -0.4 is 0 Å². The number of hydrogen-bond acceptors (Lipinski definition) is 3. The molecular formula is C14H16N2O. The van der Waals surface area contributed by atoms with Gasteiger partial charge in [0, 0.05) is 18.3 Å². The highest BCUT2D eigenvalue weighted by molar-refractivity contribution is 5.72. The highest BCUT2D eigenvalue weighted by Crippen LogP contribution is 2.42. The van der Waals surface area contributed by atoms with Crippen LogP contribution in [0, 0.1) is 0 Å². The molecule has 2 saturated heterocycles. The lowest BCUT2D eigenvalue weighted by molar-refractivity contribution is 0.225. The van der Waals surface area contributed by atoms with Gasteiger partial charge in [-0.1, -0.05) is 0 Å². The highest BCUT2D eigenvalue weighted by Gasteiger charge is 2.38. The minimum Gasteiger partial charge on any atom is -0.458 e. The Hall–Kier alpha value is -1.35. The summed E-state index contributed by atoms with van der Waals surface area (Å²) < 4.78 is 5.96. The van der Waals surface area contributed by atoms with Gasteiger partial charge in [-0.2, -0.15) is 0 Å². The molecule has 1 unspecified atom stereocenters. The summed E-state index contributed by atoms with van der Waals surface area (Å²) in [7, 11) is 0. The summed E-state index contributed by atoms with van der Waals surface area (Å²) in [5.41, 5.74) is 1.91. The first-order chi connectivity index (χ1) is 8.42. The van der Waals surface area contributed by atoms with E-state index in [4.69, 9.17) is 4.42 Å². The van der Waals surface area contributed by atoms with Crippen molar-refractivity contribution in [3.8, 4) is 0 Å². The first-order valence-corrected chi connectivity index (χ1v) is 6.52. The van der Waals surface area contributed by atoms with E-state index in [-0.39, 0.29) is 0 Å². The van der Waals surface area contributed by atoms with Crippen LogP contribution in [0.3, 0.4) is 0 Å². The second kappa shape index (κ2) is 3.57. The van der Waals surface area contributed by atoms with Crippen molar-refractivity contribution in [2.24, 2.45) is 0 Å². The van der Waals surface area contributed by atoms with Gasteiger partial charge in [0.1, 0.15) is 11.3 Å². The predicted molar refractivity (Wildman–Crippen MR) is 65.7 cm³/mol. The van der Waals surface area contributed by atoms with E-state index < -0.39 is 0 Å². The van der Waals surface area contributed by atoms with Gasteiger partial charge in [-0.3, -0.25) is 9.88 Å². The van der Waals surface area contributed by atoms with E-state index in [1.165, 1.54) is 32.2 Å². The quantitative estimate of drug-likeness (QED) is 0.751. The Kier molecular flexibility index (Phi) is 2.03. The summed E-state index contributed by atoms with van der Waals surface area (Å²) >= 11 is 0. The van der Waals surface area contributed by atoms with Crippen molar-refractivity contribution in [2.45, 2.75) is 37.8 Å². The van der Waals surface area contributed by atoms with Crippen molar-refractivity contribution in [3.63, 3.8) is 0 Å². The minimum atomic E-state index is 0.497. The third kappa shape index (κ3) is 1.42.